The number of imide groups is 1. The van der Waals surface area contributed by atoms with Crippen LogP contribution in [0.25, 0.3) is 0 Å². The standard InChI is InChI=1S/C4H8N2O2/c1-3(5)4(8)6-2-7/h2-3H,5H2,1H3,(H,6,7,8)/t3-/m0/s1/i2D. The zero-order chi connectivity index (χ0) is 7.44. The van der Waals surface area contributed by atoms with Crippen molar-refractivity contribution < 1.29 is 11.0 Å². The van der Waals surface area contributed by atoms with E-state index in [9.17, 15) is 9.59 Å². The monoisotopic (exact) mass is 117 g/mol. The van der Waals surface area contributed by atoms with Crippen LogP contribution in [0.1, 0.15) is 8.29 Å². The second kappa shape index (κ2) is 3.15. The van der Waals surface area contributed by atoms with E-state index in [4.69, 9.17) is 7.10 Å². The maximum Gasteiger partial charge on any atom is 0.242 e. The predicted molar refractivity (Wildman–Crippen MR) is 27.9 cm³/mol. The van der Waals surface area contributed by atoms with Crippen molar-refractivity contribution in [2.75, 3.05) is 0 Å². The Kier molecular flexibility index (Phi) is 2.06. The van der Waals surface area contributed by atoms with E-state index in [1.165, 1.54) is 6.92 Å². The van der Waals surface area contributed by atoms with Crippen molar-refractivity contribution in [3.8, 4) is 0 Å². The van der Waals surface area contributed by atoms with Crippen LogP contribution in [0.5, 0.6) is 0 Å². The van der Waals surface area contributed by atoms with Gasteiger partial charge < -0.3 is 5.73 Å². The average Bonchev–Trinajstić information content (AvgIpc) is 1.63. The van der Waals surface area contributed by atoms with Crippen LogP contribution in [0.3, 0.4) is 0 Å². The normalized spacial score (nSPS) is 14.0. The molecular weight excluding hydrogens is 108 g/mol. The van der Waals surface area contributed by atoms with Crippen LogP contribution in [-0.2, 0) is 9.59 Å². The number of nitrogens with one attached hydrogen (secondary N) is 1. The molecule has 0 spiro atoms. The molecule has 8 heavy (non-hydrogen) atoms. The highest BCUT2D eigenvalue weighted by Crippen LogP contribution is 1.69. The maximum atomic E-state index is 10.4. The summed E-state index contributed by atoms with van der Waals surface area (Å²) in [6, 6.07) is -0.737. The van der Waals surface area contributed by atoms with Crippen molar-refractivity contribution >= 4 is 12.3 Å². The summed E-state index contributed by atoms with van der Waals surface area (Å²) < 4.78 is 6.28. The smallest absolute Gasteiger partial charge is 0.242 e. The summed E-state index contributed by atoms with van der Waals surface area (Å²) in [4.78, 5) is 20.2. The van der Waals surface area contributed by atoms with Crippen LogP contribution >= 0.6 is 0 Å². The predicted octanol–water partition coefficient (Wildman–Crippen LogP) is -1.39. The van der Waals surface area contributed by atoms with E-state index < -0.39 is 18.3 Å². The van der Waals surface area contributed by atoms with E-state index in [1.807, 2.05) is 0 Å². The number of carbonyl (C=O) groups is 2. The quantitative estimate of drug-likeness (QED) is 0.415. The molecule has 4 nitrogen and oxygen atoms in total. The summed E-state index contributed by atoms with van der Waals surface area (Å²) in [5.41, 5.74) is 5.04. The molecule has 4 heteroatoms. The highest BCUT2D eigenvalue weighted by Gasteiger charge is 2.03. The van der Waals surface area contributed by atoms with E-state index in [2.05, 4.69) is 0 Å². The lowest BCUT2D eigenvalue weighted by Crippen LogP contribution is -2.37. The number of carbonyl (C=O) groups excluding carboxylic acids is 2. The van der Waals surface area contributed by atoms with Gasteiger partial charge in [0.15, 0.2) is 0 Å². The molecule has 3 N–H and O–H groups in total. The minimum Gasteiger partial charge on any atom is -0.320 e. The summed E-state index contributed by atoms with van der Waals surface area (Å²) in [5.74, 6) is -0.630. The Morgan fingerprint density at radius 1 is 2.12 bits per heavy atom. The van der Waals surface area contributed by atoms with Crippen LogP contribution in [0.2, 0.25) is 0 Å². The molecule has 0 aromatic rings. The molecule has 0 radical (unpaired) electrons. The molecule has 0 saturated heterocycles. The second-order valence-corrected chi connectivity index (χ2v) is 1.38. The van der Waals surface area contributed by atoms with Gasteiger partial charge in [-0.15, -0.1) is 0 Å². The van der Waals surface area contributed by atoms with Gasteiger partial charge in [-0.2, -0.15) is 0 Å². The van der Waals surface area contributed by atoms with Gasteiger partial charge >= 0.3 is 0 Å². The molecule has 0 aliphatic heterocycles. The number of nitrogens with two attached hydrogens (primary N) is 1. The Morgan fingerprint density at radius 2 is 2.62 bits per heavy atom. The summed E-state index contributed by atoms with van der Waals surface area (Å²) in [6.07, 6.45) is -1.13. The van der Waals surface area contributed by atoms with Crippen LogP contribution in [0, 0.1) is 0 Å². The van der Waals surface area contributed by atoms with Gasteiger partial charge in [-0.25, -0.2) is 0 Å². The SMILES string of the molecule is [2H]C(=O)NC(=O)[C@H](C)N. The average molecular weight is 117 g/mol. The molecule has 46 valence electrons. The Hall–Kier alpha value is -0.900. The highest BCUT2D eigenvalue weighted by molar-refractivity contribution is 5.89. The molecular formula is C4H8N2O2. The third kappa shape index (κ3) is 2.30. The Labute approximate surface area is 48.5 Å². The van der Waals surface area contributed by atoms with E-state index in [0.717, 1.165) is 0 Å². The van der Waals surface area contributed by atoms with Crippen molar-refractivity contribution in [3.63, 3.8) is 0 Å². The summed E-state index contributed by atoms with van der Waals surface area (Å²) in [6.45, 7) is 1.43. The van der Waals surface area contributed by atoms with Gasteiger partial charge in [-0.05, 0) is 6.92 Å². The van der Waals surface area contributed by atoms with Gasteiger partial charge in [0.1, 0.15) is 1.37 Å². The van der Waals surface area contributed by atoms with Crippen molar-refractivity contribution in [2.24, 2.45) is 5.73 Å². The summed E-state index contributed by atoms with van der Waals surface area (Å²) in [5, 5.41) is 1.71. The van der Waals surface area contributed by atoms with Gasteiger partial charge in [0.25, 0.3) is 0 Å². The van der Waals surface area contributed by atoms with Crippen LogP contribution in [0.15, 0.2) is 0 Å². The highest BCUT2D eigenvalue weighted by atomic mass is 16.2. The molecule has 0 aliphatic carbocycles. The van der Waals surface area contributed by atoms with Gasteiger partial charge in [0.05, 0.1) is 6.04 Å². The Balaban J connectivity index is 3.64. The lowest BCUT2D eigenvalue weighted by atomic mass is 10.3. The maximum absolute atomic E-state index is 10.4. The van der Waals surface area contributed by atoms with Gasteiger partial charge in [-0.1, -0.05) is 0 Å². The molecule has 0 unspecified atom stereocenters. The fourth-order valence-electron chi connectivity index (χ4n) is 0.164. The van der Waals surface area contributed by atoms with Crippen molar-refractivity contribution in [2.45, 2.75) is 13.0 Å². The van der Waals surface area contributed by atoms with Gasteiger partial charge in [-0.3, -0.25) is 14.9 Å². The largest absolute Gasteiger partial charge is 0.320 e. The molecule has 0 heterocycles. The molecule has 0 saturated carbocycles. The van der Waals surface area contributed by atoms with Crippen molar-refractivity contribution in [1.82, 2.24) is 5.32 Å². The van der Waals surface area contributed by atoms with Crippen molar-refractivity contribution in [3.05, 3.63) is 0 Å². The van der Waals surface area contributed by atoms with Crippen LogP contribution in [-0.4, -0.2) is 18.3 Å². The van der Waals surface area contributed by atoms with Gasteiger partial charge in [0, 0.05) is 0 Å². The topological polar surface area (TPSA) is 72.2 Å². The lowest BCUT2D eigenvalue weighted by molar-refractivity contribution is -0.125. The molecule has 0 fully saturated rings. The number of amides is 2. The minimum atomic E-state index is -1.13. The fourth-order valence-corrected chi connectivity index (χ4v) is 0.164. The fraction of sp³-hybridized carbons (Fsp3) is 0.500. The van der Waals surface area contributed by atoms with Gasteiger partial charge in [0.2, 0.25) is 12.3 Å². The molecule has 1 atom stereocenters. The first-order chi connectivity index (χ1) is 4.04. The van der Waals surface area contributed by atoms with E-state index >= 15 is 0 Å². The van der Waals surface area contributed by atoms with Crippen LogP contribution < -0.4 is 11.1 Å². The molecule has 0 aliphatic rings. The molecule has 0 aromatic carbocycles. The zero-order valence-electron chi connectivity index (χ0n) is 5.47. The summed E-state index contributed by atoms with van der Waals surface area (Å²) >= 11 is 0. The van der Waals surface area contributed by atoms with E-state index in [1.54, 1.807) is 5.32 Å². The third-order valence-corrected chi connectivity index (χ3v) is 0.588. The first-order valence-electron chi connectivity index (χ1n) is 2.61. The molecule has 0 aromatic heterocycles. The Bertz CT molecular complexity index is 135. The molecule has 0 bridgehead atoms. The Morgan fingerprint density at radius 3 is 2.75 bits per heavy atom. The first kappa shape index (κ1) is 5.24. The van der Waals surface area contributed by atoms with E-state index in [0.29, 0.717) is 0 Å². The molecule has 0 rings (SSSR count). The zero-order valence-corrected chi connectivity index (χ0v) is 4.47. The minimum absolute atomic E-state index is 0.630. The lowest BCUT2D eigenvalue weighted by Gasteiger charge is -1.98. The molecule has 2 amide bonds. The number of hydrogen-bond acceptors (Lipinski definition) is 3. The van der Waals surface area contributed by atoms with Crippen LogP contribution in [0.4, 0.5) is 0 Å². The summed E-state index contributed by atoms with van der Waals surface area (Å²) in [7, 11) is 0. The second-order valence-electron chi connectivity index (χ2n) is 1.38. The first-order valence-corrected chi connectivity index (χ1v) is 2.11. The third-order valence-electron chi connectivity index (χ3n) is 0.588. The van der Waals surface area contributed by atoms with E-state index in [-0.39, 0.29) is 0 Å². The number of hydrogen-bond donors (Lipinski definition) is 2. The number of rotatable bonds is 1. The van der Waals surface area contributed by atoms with Crippen molar-refractivity contribution in [1.29, 1.82) is 0 Å².